The highest BCUT2D eigenvalue weighted by Gasteiger charge is 2.40. The molecular formula is C16H16BrF3N2O3S. The number of rotatable bonds is 6. The molecule has 0 spiro atoms. The van der Waals surface area contributed by atoms with E-state index in [1.165, 1.54) is 12.3 Å². The maximum atomic E-state index is 14.1. The van der Waals surface area contributed by atoms with Gasteiger partial charge in [-0.2, -0.15) is 0 Å². The van der Waals surface area contributed by atoms with Crippen LogP contribution >= 0.6 is 15.9 Å². The smallest absolute Gasteiger partial charge is 0.258 e. The van der Waals surface area contributed by atoms with Gasteiger partial charge in [-0.25, -0.2) is 26.3 Å². The molecular weight excluding hydrogens is 437 g/mol. The Balaban J connectivity index is 1.83. The zero-order valence-electron chi connectivity index (χ0n) is 13.5. The number of sulfonamides is 1. The Kier molecular flexibility index (Phi) is 4.57. The van der Waals surface area contributed by atoms with E-state index >= 15 is 0 Å². The molecule has 1 aromatic heterocycles. The third-order valence-electron chi connectivity index (χ3n) is 4.76. The molecule has 1 aromatic carbocycles. The van der Waals surface area contributed by atoms with E-state index in [0.29, 0.717) is 31.6 Å². The van der Waals surface area contributed by atoms with Gasteiger partial charge in [0.25, 0.3) is 6.43 Å². The predicted octanol–water partition coefficient (Wildman–Crippen LogP) is 3.50. The van der Waals surface area contributed by atoms with Crippen LogP contribution in [0, 0.1) is 5.82 Å². The van der Waals surface area contributed by atoms with Gasteiger partial charge in [0.15, 0.2) is 0 Å². The number of benzene rings is 1. The lowest BCUT2D eigenvalue weighted by Gasteiger charge is -2.28. The number of aromatic nitrogens is 1. The van der Waals surface area contributed by atoms with E-state index in [1.54, 1.807) is 4.57 Å². The normalized spacial score (nSPS) is 19.9. The molecule has 1 aliphatic heterocycles. The monoisotopic (exact) mass is 452 g/mol. The summed E-state index contributed by atoms with van der Waals surface area (Å²) >= 11 is 3.11. The van der Waals surface area contributed by atoms with Crippen molar-refractivity contribution in [2.24, 2.45) is 0 Å². The number of nitrogens with zero attached hydrogens (tertiary/aromatic N) is 1. The molecule has 2 aliphatic rings. The molecule has 0 amide bonds. The summed E-state index contributed by atoms with van der Waals surface area (Å²) in [7, 11) is -3.84. The molecule has 5 nitrogen and oxygen atoms in total. The van der Waals surface area contributed by atoms with Crippen molar-refractivity contribution in [2.45, 2.75) is 36.6 Å². The van der Waals surface area contributed by atoms with Crippen LogP contribution in [0.1, 0.15) is 30.5 Å². The number of fused-ring (bicyclic) bond motifs is 1. The van der Waals surface area contributed by atoms with E-state index in [-0.39, 0.29) is 21.5 Å². The Morgan fingerprint density at radius 3 is 2.50 bits per heavy atom. The van der Waals surface area contributed by atoms with Crippen LogP contribution in [0.3, 0.4) is 0 Å². The van der Waals surface area contributed by atoms with Crippen LogP contribution in [0.25, 0.3) is 10.9 Å². The summed E-state index contributed by atoms with van der Waals surface area (Å²) in [4.78, 5) is 0. The van der Waals surface area contributed by atoms with Crippen molar-refractivity contribution in [3.05, 3.63) is 34.2 Å². The van der Waals surface area contributed by atoms with Crippen LogP contribution in [-0.2, 0) is 14.8 Å². The molecule has 1 aliphatic carbocycles. The van der Waals surface area contributed by atoms with Gasteiger partial charge < -0.3 is 9.30 Å². The van der Waals surface area contributed by atoms with Crippen LogP contribution in [0.2, 0.25) is 0 Å². The van der Waals surface area contributed by atoms with E-state index in [4.69, 9.17) is 4.74 Å². The lowest BCUT2D eigenvalue weighted by atomic mass is 10.1. The SMILES string of the molecule is O=S(=O)(NC(c1cn(C2COC2)c2cc(Br)c(F)cc12)C(F)F)C1CC1. The molecule has 1 N–H and O–H groups in total. The van der Waals surface area contributed by atoms with Gasteiger partial charge in [0.1, 0.15) is 11.9 Å². The maximum absolute atomic E-state index is 14.1. The molecule has 4 rings (SSSR count). The van der Waals surface area contributed by atoms with Crippen molar-refractivity contribution in [1.29, 1.82) is 0 Å². The Bertz CT molecular complexity index is 955. The second-order valence-electron chi connectivity index (χ2n) is 6.64. The van der Waals surface area contributed by atoms with E-state index in [1.807, 2.05) is 0 Å². The molecule has 26 heavy (non-hydrogen) atoms. The number of ether oxygens (including phenoxy) is 1. The van der Waals surface area contributed by atoms with Crippen LogP contribution in [0.4, 0.5) is 13.2 Å². The van der Waals surface area contributed by atoms with E-state index in [0.717, 1.165) is 6.07 Å². The lowest BCUT2D eigenvalue weighted by Crippen LogP contribution is -2.35. The first kappa shape index (κ1) is 18.3. The third kappa shape index (κ3) is 3.17. The molecule has 2 heterocycles. The van der Waals surface area contributed by atoms with Crippen LogP contribution in [-0.4, -0.2) is 37.9 Å². The average molecular weight is 453 g/mol. The first-order chi connectivity index (χ1) is 12.3. The molecule has 1 atom stereocenters. The highest BCUT2D eigenvalue weighted by molar-refractivity contribution is 9.10. The predicted molar refractivity (Wildman–Crippen MR) is 93.3 cm³/mol. The van der Waals surface area contributed by atoms with Gasteiger partial charge in [-0.05, 0) is 40.9 Å². The molecule has 10 heteroatoms. The molecule has 2 fully saturated rings. The first-order valence-corrected chi connectivity index (χ1v) is 10.5. The summed E-state index contributed by atoms with van der Waals surface area (Å²) in [6.07, 6.45) is -0.551. The second kappa shape index (κ2) is 6.50. The number of hydrogen-bond donors (Lipinski definition) is 1. The highest BCUT2D eigenvalue weighted by atomic mass is 79.9. The van der Waals surface area contributed by atoms with Gasteiger partial charge in [-0.15, -0.1) is 0 Å². The number of nitrogens with one attached hydrogen (secondary N) is 1. The van der Waals surface area contributed by atoms with Gasteiger partial charge in [-0.1, -0.05) is 0 Å². The summed E-state index contributed by atoms with van der Waals surface area (Å²) in [5.74, 6) is -0.598. The molecule has 0 radical (unpaired) electrons. The lowest BCUT2D eigenvalue weighted by molar-refractivity contribution is -0.0215. The maximum Gasteiger partial charge on any atom is 0.258 e. The quantitative estimate of drug-likeness (QED) is 0.729. The fourth-order valence-corrected chi connectivity index (χ4v) is 4.97. The number of hydrogen-bond acceptors (Lipinski definition) is 3. The van der Waals surface area contributed by atoms with Gasteiger partial charge >= 0.3 is 0 Å². The first-order valence-electron chi connectivity index (χ1n) is 8.14. The van der Waals surface area contributed by atoms with Crippen molar-refractivity contribution >= 4 is 36.9 Å². The van der Waals surface area contributed by atoms with Crippen molar-refractivity contribution in [3.8, 4) is 0 Å². The Labute approximate surface area is 156 Å². The van der Waals surface area contributed by atoms with E-state index < -0.39 is 33.6 Å². The topological polar surface area (TPSA) is 60.3 Å². The minimum absolute atomic E-state index is 0.0537. The Morgan fingerprint density at radius 1 is 1.27 bits per heavy atom. The fourth-order valence-electron chi connectivity index (χ4n) is 3.11. The molecule has 1 unspecified atom stereocenters. The molecule has 0 bridgehead atoms. The van der Waals surface area contributed by atoms with Gasteiger partial charge in [-0.3, -0.25) is 0 Å². The second-order valence-corrected chi connectivity index (χ2v) is 9.49. The van der Waals surface area contributed by atoms with E-state index in [9.17, 15) is 21.6 Å². The highest BCUT2D eigenvalue weighted by Crippen LogP contribution is 2.37. The van der Waals surface area contributed by atoms with Crippen molar-refractivity contribution in [3.63, 3.8) is 0 Å². The summed E-state index contributed by atoms with van der Waals surface area (Å²) in [6.45, 7) is 0.844. The largest absolute Gasteiger partial charge is 0.377 e. The number of alkyl halides is 2. The number of halogens is 4. The van der Waals surface area contributed by atoms with Crippen molar-refractivity contribution < 1.29 is 26.3 Å². The van der Waals surface area contributed by atoms with Crippen LogP contribution in [0.5, 0.6) is 0 Å². The van der Waals surface area contributed by atoms with Gasteiger partial charge in [0.05, 0.1) is 34.5 Å². The molecule has 1 saturated carbocycles. The summed E-state index contributed by atoms with van der Waals surface area (Å²) in [5.41, 5.74) is 0.621. The summed E-state index contributed by atoms with van der Waals surface area (Å²) in [5, 5.41) is -0.357. The Hall–Kier alpha value is -1.10. The van der Waals surface area contributed by atoms with Crippen molar-refractivity contribution in [2.75, 3.05) is 13.2 Å². The summed E-state index contributed by atoms with van der Waals surface area (Å²) in [6, 6.07) is 0.892. The van der Waals surface area contributed by atoms with E-state index in [2.05, 4.69) is 20.7 Å². The fraction of sp³-hybridized carbons (Fsp3) is 0.500. The zero-order chi connectivity index (χ0) is 18.6. The Morgan fingerprint density at radius 2 is 1.96 bits per heavy atom. The van der Waals surface area contributed by atoms with Crippen LogP contribution < -0.4 is 4.72 Å². The van der Waals surface area contributed by atoms with Gasteiger partial charge in [0, 0.05) is 17.1 Å². The minimum atomic E-state index is -3.84. The van der Waals surface area contributed by atoms with Crippen LogP contribution in [0.15, 0.2) is 22.8 Å². The molecule has 1 saturated heterocycles. The molecule has 142 valence electrons. The standard InChI is InChI=1S/C16H16BrF3N2O3S/c17-12-4-14-10(3-13(12)18)11(5-22(14)8-6-25-7-8)15(16(19)20)21-26(23,24)9-1-2-9/h3-5,8-9,15-16,21H,1-2,6-7H2. The average Bonchev–Trinajstić information content (AvgIpc) is 3.31. The van der Waals surface area contributed by atoms with Crippen molar-refractivity contribution in [1.82, 2.24) is 9.29 Å². The van der Waals surface area contributed by atoms with Gasteiger partial charge in [0.2, 0.25) is 10.0 Å². The zero-order valence-corrected chi connectivity index (χ0v) is 15.9. The molecule has 2 aromatic rings. The summed E-state index contributed by atoms with van der Waals surface area (Å²) < 4.78 is 75.2. The minimum Gasteiger partial charge on any atom is -0.377 e. The third-order valence-corrected chi connectivity index (χ3v) is 7.30.